The van der Waals surface area contributed by atoms with E-state index in [9.17, 15) is 0 Å². The quantitative estimate of drug-likeness (QED) is 0.422. The van der Waals surface area contributed by atoms with Gasteiger partial charge < -0.3 is 0 Å². The van der Waals surface area contributed by atoms with Crippen molar-refractivity contribution in [1.29, 1.82) is 0 Å². The minimum absolute atomic E-state index is 0. The maximum absolute atomic E-state index is 5.75. The van der Waals surface area contributed by atoms with Gasteiger partial charge in [-0.05, 0) is 0 Å². The van der Waals surface area contributed by atoms with Gasteiger partial charge in [-0.25, -0.2) is 0 Å². The number of hydrogen-bond donors (Lipinski definition) is 0. The highest BCUT2D eigenvalue weighted by atomic mass is 12.0. The van der Waals surface area contributed by atoms with Gasteiger partial charge in [0.2, 0.25) is 0 Å². The van der Waals surface area contributed by atoms with E-state index >= 15 is 0 Å². The Bertz CT molecular complexity index is 6.04. The Morgan fingerprint density at radius 1 is 1.00 bits per heavy atom. The van der Waals surface area contributed by atoms with Gasteiger partial charge in [-0.1, -0.05) is 37.1 Å². The molecule has 0 heteroatoms. The molecule has 0 atom stereocenters. The molecule has 0 saturated heterocycles. The Hall–Kier alpha value is 0. The monoisotopic (exact) mass is 83.2 g/mol. The molecule has 0 nitrogen and oxygen atoms in total. The van der Waals surface area contributed by atoms with Crippen molar-refractivity contribution in [2.75, 3.05) is 0 Å². The van der Waals surface area contributed by atoms with E-state index in [-0.39, 0.29) is 22.3 Å². The van der Waals surface area contributed by atoms with Crippen LogP contribution in [0.3, 0.4) is 0 Å². The van der Waals surface area contributed by atoms with Crippen LogP contribution in [0.4, 0.5) is 0 Å². The number of hydrogen-bond acceptors (Lipinski definition) is 0. The zero-order valence-electron chi connectivity index (χ0n) is 4.00. The molecule has 40 valence electrons. The highest BCUT2D eigenvalue weighted by molar-refractivity contribution is 2.51. The lowest BCUT2D eigenvalue weighted by molar-refractivity contribution is 2.50. The summed E-state index contributed by atoms with van der Waals surface area (Å²) in [7, 11) is 2.50. The van der Waals surface area contributed by atoms with E-state index in [2.05, 4.69) is 0 Å². The Labute approximate surface area is 41.0 Å². The molecule has 0 saturated carbocycles. The van der Waals surface area contributed by atoms with E-state index in [4.69, 9.17) is 2.74 Å². The van der Waals surface area contributed by atoms with E-state index < -0.39 is 0 Å². The first-order valence-corrected chi connectivity index (χ1v) is 0. The van der Waals surface area contributed by atoms with Crippen molar-refractivity contribution < 1.29 is 2.74 Å². The Morgan fingerprint density at radius 3 is 1.00 bits per heavy atom. The molecule has 5 heavy (non-hydrogen) atoms. The molecular formula is C5H20. The molecule has 0 rings (SSSR count). The molecule has 0 fully saturated rings. The second kappa shape index (κ2) is 0. The van der Waals surface area contributed by atoms with E-state index in [1.807, 2.05) is 0 Å². The largest absolute Gasteiger partial charge is 0.0776 e. The second-order valence-electron chi connectivity index (χ2n) is 0. The van der Waals surface area contributed by atoms with Gasteiger partial charge in [0.1, 0.15) is 0 Å². The van der Waals surface area contributed by atoms with Crippen molar-refractivity contribution in [3.63, 3.8) is 0 Å². The highest BCUT2D eigenvalue weighted by Gasteiger charge is -0.0736. The summed E-state index contributed by atoms with van der Waals surface area (Å²) in [6.07, 6.45) is 0. The average Bonchev–Trinajstić information content (AvgIpc) is 1.50. The molecule has 0 aromatic heterocycles. The normalized spacial score (nSPS) is 2.80. The van der Waals surface area contributed by atoms with Crippen LogP contribution in [0.5, 0.6) is 0 Å². The third-order valence-corrected chi connectivity index (χ3v) is 0. The molecule has 0 amide bonds. The minimum Gasteiger partial charge on any atom is -0.0776 e. The predicted octanol–water partition coefficient (Wildman–Crippen LogP) is 3.18. The van der Waals surface area contributed by atoms with Crippen LogP contribution in [0.2, 0.25) is 0 Å². The fourth-order valence-electron chi connectivity index (χ4n) is 0. The lowest BCUT2D eigenvalue weighted by atomic mass is 12.0. The Balaban J connectivity index is -0.00000000267. The smallest absolute Gasteiger partial charge is 0.0194 e. The van der Waals surface area contributed by atoms with Crippen LogP contribution in [0, 0.1) is 0 Å². The van der Waals surface area contributed by atoms with E-state index in [0.717, 1.165) is 0 Å². The fraction of sp³-hybridized carbons (Fsp3) is 1.00. The molecule has 0 spiro atoms. The summed E-state index contributed by atoms with van der Waals surface area (Å²) in [5.41, 5.74) is 0. The van der Waals surface area contributed by atoms with Crippen LogP contribution < -0.4 is 0 Å². The third kappa shape index (κ3) is 0. The fourth-order valence-corrected chi connectivity index (χ4v) is 0. The molecule has 0 aromatic carbocycles. The van der Waals surface area contributed by atoms with Crippen LogP contribution in [0.1, 0.15) is 39.8 Å². The van der Waals surface area contributed by atoms with Gasteiger partial charge in [0.25, 0.3) is 0 Å². The van der Waals surface area contributed by atoms with Gasteiger partial charge in [0.05, 0.1) is 0 Å². The lowest BCUT2D eigenvalue weighted by Gasteiger charge is -0.0786. The van der Waals surface area contributed by atoms with Gasteiger partial charge in [0.15, 0.2) is 0 Å². The summed E-state index contributed by atoms with van der Waals surface area (Å²) in [6.45, 7) is 0. The summed E-state index contributed by atoms with van der Waals surface area (Å²) < 4.78 is 11.5. The van der Waals surface area contributed by atoms with Crippen LogP contribution in [0.25, 0.3) is 0 Å². The standard InChI is InChI=1S/5CH4/h5*1H4/i1T;1D;;;. The topological polar surface area (TPSA) is 0 Å². The third-order valence-electron chi connectivity index (χ3n) is 0. The second-order valence-corrected chi connectivity index (χ2v) is 0. The summed E-state index contributed by atoms with van der Waals surface area (Å²) in [5.74, 6) is 0. The summed E-state index contributed by atoms with van der Waals surface area (Å²) in [6, 6.07) is 0. The molecule has 0 unspecified atom stereocenters. The molecule has 0 heterocycles. The summed E-state index contributed by atoms with van der Waals surface area (Å²) in [5, 5.41) is 0. The lowest BCUT2D eigenvalue weighted by Crippen LogP contribution is 0.143. The van der Waals surface area contributed by atoms with Gasteiger partial charge in [0, 0.05) is 2.74 Å². The van der Waals surface area contributed by atoms with Crippen LogP contribution in [-0.4, -0.2) is 0 Å². The van der Waals surface area contributed by atoms with Crippen molar-refractivity contribution in [2.45, 2.75) is 37.1 Å². The molecule has 0 aliphatic rings. The molecular weight excluding hydrogens is 60.1 g/mol. The van der Waals surface area contributed by atoms with Crippen LogP contribution in [0.15, 0.2) is 0 Å². The maximum Gasteiger partial charge on any atom is 0.0194 e. The molecule has 0 aromatic rings. The summed E-state index contributed by atoms with van der Waals surface area (Å²) >= 11 is 0. The molecule has 0 aliphatic carbocycles. The average molecular weight is 83.2 g/mol. The first kappa shape index (κ1) is 20.0. The van der Waals surface area contributed by atoms with E-state index in [0.29, 0.717) is 0 Å². The van der Waals surface area contributed by atoms with Crippen molar-refractivity contribution in [1.82, 2.24) is 0 Å². The van der Waals surface area contributed by atoms with Gasteiger partial charge in [-0.3, -0.25) is 0 Å². The Kier molecular flexibility index (Phi) is 0. The highest BCUT2D eigenvalue weighted by Crippen LogP contribution is 0.148. The van der Waals surface area contributed by atoms with Crippen molar-refractivity contribution >= 4 is 0 Å². The molecule has 0 N–H and O–H groups in total. The van der Waals surface area contributed by atoms with Crippen molar-refractivity contribution in [3.05, 3.63) is 0 Å². The first-order valence-electron chi connectivity index (χ1n) is 2.00. The van der Waals surface area contributed by atoms with Gasteiger partial charge in [-0.2, -0.15) is 0 Å². The SMILES string of the molecule is C.C.C.[2H]C.[3H]C. The maximum atomic E-state index is 5.75. The summed E-state index contributed by atoms with van der Waals surface area (Å²) in [4.78, 5) is 0. The van der Waals surface area contributed by atoms with Crippen LogP contribution >= 0.6 is 0 Å². The molecule has 0 radical (unpaired) electrons. The van der Waals surface area contributed by atoms with Crippen molar-refractivity contribution in [3.8, 4) is 0 Å². The van der Waals surface area contributed by atoms with Gasteiger partial charge >= 0.3 is 0 Å². The van der Waals surface area contributed by atoms with E-state index in [1.165, 1.54) is 14.8 Å². The molecule has 0 aliphatic heterocycles. The van der Waals surface area contributed by atoms with Crippen molar-refractivity contribution in [2.24, 2.45) is 0 Å². The zero-order chi connectivity index (χ0) is 4.00. The van der Waals surface area contributed by atoms with E-state index in [1.54, 1.807) is 0 Å². The zero-order valence-corrected chi connectivity index (χ0v) is 2.00. The first-order chi connectivity index (χ1) is 2.00. The predicted molar refractivity (Wildman–Crippen MR) is 33.7 cm³/mol. The minimum atomic E-state index is 0. The Morgan fingerprint density at radius 2 is 1.00 bits per heavy atom. The number of rotatable bonds is 0. The van der Waals surface area contributed by atoms with Gasteiger partial charge in [-0.15, -0.1) is 0 Å². The van der Waals surface area contributed by atoms with Crippen LogP contribution in [-0.2, 0) is 0 Å². The molecule has 0 bridgehead atoms.